The van der Waals surface area contributed by atoms with Gasteiger partial charge in [0.15, 0.2) is 11.6 Å². The molecule has 0 radical (unpaired) electrons. The average molecular weight is 294 g/mol. The molecule has 2 unspecified atom stereocenters. The lowest BCUT2D eigenvalue weighted by Gasteiger charge is -2.33. The first kappa shape index (κ1) is 14.4. The number of hydrogen-bond acceptors (Lipinski definition) is 2. The zero-order valence-corrected chi connectivity index (χ0v) is 12.5. The van der Waals surface area contributed by atoms with Crippen molar-refractivity contribution in [3.05, 3.63) is 35.4 Å². The first-order valence-corrected chi connectivity index (χ1v) is 7.41. The molecule has 1 saturated heterocycles. The Balaban J connectivity index is 1.98. The van der Waals surface area contributed by atoms with Crippen molar-refractivity contribution in [1.29, 1.82) is 0 Å². The summed E-state index contributed by atoms with van der Waals surface area (Å²) >= 11 is 0. The molecule has 2 atom stereocenters. The largest absolute Gasteiger partial charge is 0.318 e. The standard InChI is InChI=1S/C16H20F2N2O/c1-9(2)10(3)20-14(19-16(6-7-16)15(20)21)11-4-5-12(17)13(18)8-11/h4-5,8-10,14,19H,6-7H2,1-3H3. The summed E-state index contributed by atoms with van der Waals surface area (Å²) in [6.45, 7) is 6.11. The molecule has 114 valence electrons. The molecule has 1 heterocycles. The third kappa shape index (κ3) is 2.24. The number of carbonyl (C=O) groups excluding carboxylic acids is 1. The molecule has 1 spiro atoms. The van der Waals surface area contributed by atoms with Crippen molar-refractivity contribution in [3.63, 3.8) is 0 Å². The number of nitrogens with zero attached hydrogens (tertiary/aromatic N) is 1. The van der Waals surface area contributed by atoms with Gasteiger partial charge in [0.1, 0.15) is 11.7 Å². The third-order valence-corrected chi connectivity index (χ3v) is 4.75. The minimum absolute atomic E-state index is 0.0306. The molecule has 1 aliphatic heterocycles. The van der Waals surface area contributed by atoms with Crippen LogP contribution in [-0.2, 0) is 4.79 Å². The molecule has 2 aliphatic rings. The Kier molecular flexibility index (Phi) is 3.28. The number of halogens is 2. The van der Waals surface area contributed by atoms with Crippen molar-refractivity contribution in [2.45, 2.75) is 51.4 Å². The zero-order chi connectivity index (χ0) is 15.4. The predicted octanol–water partition coefficient (Wildman–Crippen LogP) is 2.97. The summed E-state index contributed by atoms with van der Waals surface area (Å²) in [4.78, 5) is 14.5. The zero-order valence-electron chi connectivity index (χ0n) is 12.5. The van der Waals surface area contributed by atoms with Crippen LogP contribution in [0.4, 0.5) is 8.78 Å². The summed E-state index contributed by atoms with van der Waals surface area (Å²) in [5.74, 6) is -1.38. The molecule has 1 aliphatic carbocycles. The number of benzene rings is 1. The molecular weight excluding hydrogens is 274 g/mol. The first-order chi connectivity index (χ1) is 9.85. The van der Waals surface area contributed by atoms with Gasteiger partial charge in [-0.25, -0.2) is 8.78 Å². The minimum Gasteiger partial charge on any atom is -0.318 e. The van der Waals surface area contributed by atoms with Crippen LogP contribution in [0.25, 0.3) is 0 Å². The smallest absolute Gasteiger partial charge is 0.244 e. The Labute approximate surface area is 123 Å². The van der Waals surface area contributed by atoms with Crippen LogP contribution in [0, 0.1) is 17.6 Å². The van der Waals surface area contributed by atoms with Gasteiger partial charge in [-0.1, -0.05) is 19.9 Å². The number of carbonyl (C=O) groups is 1. The fourth-order valence-electron chi connectivity index (χ4n) is 2.91. The van der Waals surface area contributed by atoms with E-state index in [9.17, 15) is 13.6 Å². The summed E-state index contributed by atoms with van der Waals surface area (Å²) in [6, 6.07) is 3.88. The van der Waals surface area contributed by atoms with Crippen LogP contribution in [0.5, 0.6) is 0 Å². The Morgan fingerprint density at radius 1 is 1.24 bits per heavy atom. The highest BCUT2D eigenvalue weighted by Crippen LogP contribution is 2.47. The molecule has 5 heteroatoms. The summed E-state index contributed by atoms with van der Waals surface area (Å²) in [5, 5.41) is 3.33. The van der Waals surface area contributed by atoms with Crippen molar-refractivity contribution in [3.8, 4) is 0 Å². The molecule has 0 bridgehead atoms. The predicted molar refractivity (Wildman–Crippen MR) is 75.3 cm³/mol. The second-order valence-corrected chi connectivity index (χ2v) is 6.50. The monoisotopic (exact) mass is 294 g/mol. The normalized spacial score (nSPS) is 25.0. The lowest BCUT2D eigenvalue weighted by molar-refractivity contribution is -0.133. The average Bonchev–Trinajstić information content (AvgIpc) is 3.15. The van der Waals surface area contributed by atoms with Crippen molar-refractivity contribution >= 4 is 5.91 Å². The summed E-state index contributed by atoms with van der Waals surface area (Å²) in [6.07, 6.45) is 1.24. The maximum Gasteiger partial charge on any atom is 0.244 e. The molecule has 2 fully saturated rings. The molecular formula is C16H20F2N2O. The van der Waals surface area contributed by atoms with E-state index in [-0.39, 0.29) is 24.0 Å². The fourth-order valence-corrected chi connectivity index (χ4v) is 2.91. The van der Waals surface area contributed by atoms with Crippen LogP contribution >= 0.6 is 0 Å². The van der Waals surface area contributed by atoms with E-state index < -0.39 is 17.2 Å². The number of hydrogen-bond donors (Lipinski definition) is 1. The third-order valence-electron chi connectivity index (χ3n) is 4.75. The molecule has 21 heavy (non-hydrogen) atoms. The fraction of sp³-hybridized carbons (Fsp3) is 0.562. The molecule has 0 aromatic heterocycles. The van der Waals surface area contributed by atoms with Gasteiger partial charge in [0.25, 0.3) is 0 Å². The Hall–Kier alpha value is -1.49. The summed E-state index contributed by atoms with van der Waals surface area (Å²) < 4.78 is 26.7. The Morgan fingerprint density at radius 3 is 2.43 bits per heavy atom. The lowest BCUT2D eigenvalue weighted by Crippen LogP contribution is -2.41. The first-order valence-electron chi connectivity index (χ1n) is 7.41. The highest BCUT2D eigenvalue weighted by molar-refractivity contribution is 5.92. The van der Waals surface area contributed by atoms with E-state index in [0.717, 1.165) is 18.9 Å². The second-order valence-electron chi connectivity index (χ2n) is 6.50. The number of nitrogens with one attached hydrogen (secondary N) is 1. The van der Waals surface area contributed by atoms with Gasteiger partial charge in [0.05, 0.1) is 0 Å². The van der Waals surface area contributed by atoms with Gasteiger partial charge in [0.2, 0.25) is 5.91 Å². The van der Waals surface area contributed by atoms with Gasteiger partial charge in [-0.15, -0.1) is 0 Å². The maximum absolute atomic E-state index is 13.5. The topological polar surface area (TPSA) is 32.3 Å². The highest BCUT2D eigenvalue weighted by Gasteiger charge is 2.60. The van der Waals surface area contributed by atoms with Gasteiger partial charge in [-0.2, -0.15) is 0 Å². The van der Waals surface area contributed by atoms with E-state index in [0.29, 0.717) is 5.56 Å². The van der Waals surface area contributed by atoms with E-state index in [1.165, 1.54) is 6.07 Å². The van der Waals surface area contributed by atoms with Crippen LogP contribution in [-0.4, -0.2) is 22.4 Å². The molecule has 1 saturated carbocycles. The lowest BCUT2D eigenvalue weighted by atomic mass is 10.0. The van der Waals surface area contributed by atoms with Gasteiger partial charge < -0.3 is 4.90 Å². The molecule has 1 aromatic rings. The minimum atomic E-state index is -0.879. The van der Waals surface area contributed by atoms with E-state index in [1.54, 1.807) is 11.0 Å². The van der Waals surface area contributed by atoms with Crippen LogP contribution in [0.3, 0.4) is 0 Å². The highest BCUT2D eigenvalue weighted by atomic mass is 19.2. The van der Waals surface area contributed by atoms with Gasteiger partial charge in [-0.3, -0.25) is 10.1 Å². The van der Waals surface area contributed by atoms with Crippen molar-refractivity contribution in [2.75, 3.05) is 0 Å². The van der Waals surface area contributed by atoms with Crippen molar-refractivity contribution in [1.82, 2.24) is 10.2 Å². The van der Waals surface area contributed by atoms with Crippen LogP contribution in [0.2, 0.25) is 0 Å². The van der Waals surface area contributed by atoms with E-state index >= 15 is 0 Å². The van der Waals surface area contributed by atoms with Crippen LogP contribution < -0.4 is 5.32 Å². The van der Waals surface area contributed by atoms with E-state index in [4.69, 9.17) is 0 Å². The second kappa shape index (κ2) is 4.77. The molecule has 3 nitrogen and oxygen atoms in total. The summed E-state index contributed by atoms with van der Waals surface area (Å²) in [7, 11) is 0. The van der Waals surface area contributed by atoms with E-state index in [1.807, 2.05) is 6.92 Å². The van der Waals surface area contributed by atoms with Gasteiger partial charge in [-0.05, 0) is 43.4 Å². The van der Waals surface area contributed by atoms with Gasteiger partial charge in [0, 0.05) is 6.04 Å². The number of amides is 1. The molecule has 1 N–H and O–H groups in total. The molecule has 1 amide bonds. The molecule has 3 rings (SSSR count). The number of rotatable bonds is 3. The Morgan fingerprint density at radius 2 is 1.90 bits per heavy atom. The Bertz CT molecular complexity index is 584. The van der Waals surface area contributed by atoms with Gasteiger partial charge >= 0.3 is 0 Å². The van der Waals surface area contributed by atoms with Crippen molar-refractivity contribution in [2.24, 2.45) is 5.92 Å². The van der Waals surface area contributed by atoms with Crippen molar-refractivity contribution < 1.29 is 13.6 Å². The molecule has 1 aromatic carbocycles. The van der Waals surface area contributed by atoms with Crippen LogP contribution in [0.15, 0.2) is 18.2 Å². The SMILES string of the molecule is CC(C)C(C)N1C(=O)C2(CC2)NC1c1ccc(F)c(F)c1. The van der Waals surface area contributed by atoms with E-state index in [2.05, 4.69) is 19.2 Å². The quantitative estimate of drug-likeness (QED) is 0.929. The summed E-state index contributed by atoms with van der Waals surface area (Å²) in [5.41, 5.74) is 0.122. The maximum atomic E-state index is 13.5. The van der Waals surface area contributed by atoms with Crippen LogP contribution in [0.1, 0.15) is 45.3 Å².